The molecule has 0 atom stereocenters. The molecule has 0 bridgehead atoms. The van der Waals surface area contributed by atoms with E-state index >= 15 is 0 Å². The lowest BCUT2D eigenvalue weighted by Crippen LogP contribution is -2.10. The van der Waals surface area contributed by atoms with Gasteiger partial charge in [0.25, 0.3) is 0 Å². The third-order valence-corrected chi connectivity index (χ3v) is 2.97. The topological polar surface area (TPSA) is 30.7 Å². The lowest BCUT2D eigenvalue weighted by atomic mass is 9.87. The summed E-state index contributed by atoms with van der Waals surface area (Å²) >= 11 is 0. The molecular weight excluding hydrogens is 210 g/mol. The summed E-state index contributed by atoms with van der Waals surface area (Å²) in [5.41, 5.74) is 2.65. The number of nitrogens with zero attached hydrogens (tertiary/aromatic N) is 3. The number of aryl methyl sites for hydroxylation is 1. The van der Waals surface area contributed by atoms with Gasteiger partial charge in [0.15, 0.2) is 5.82 Å². The van der Waals surface area contributed by atoms with Crippen LogP contribution in [-0.4, -0.2) is 14.8 Å². The Bertz CT molecular complexity index is 489. The SMILES string of the molecule is CCn1cnnc1-c1ccc(C(C)(C)C)cc1. The second kappa shape index (κ2) is 4.32. The van der Waals surface area contributed by atoms with E-state index in [2.05, 4.69) is 62.2 Å². The van der Waals surface area contributed by atoms with E-state index < -0.39 is 0 Å². The quantitative estimate of drug-likeness (QED) is 0.791. The van der Waals surface area contributed by atoms with Crippen molar-refractivity contribution in [2.45, 2.75) is 39.7 Å². The lowest BCUT2D eigenvalue weighted by Gasteiger charge is -2.19. The highest BCUT2D eigenvalue weighted by Crippen LogP contribution is 2.25. The largest absolute Gasteiger partial charge is 0.314 e. The maximum Gasteiger partial charge on any atom is 0.163 e. The third-order valence-electron chi connectivity index (χ3n) is 2.97. The summed E-state index contributed by atoms with van der Waals surface area (Å²) in [6.45, 7) is 9.64. The molecule has 2 aromatic rings. The maximum atomic E-state index is 4.16. The van der Waals surface area contributed by atoms with Crippen LogP contribution in [0.4, 0.5) is 0 Å². The van der Waals surface area contributed by atoms with Crippen molar-refractivity contribution < 1.29 is 0 Å². The van der Waals surface area contributed by atoms with Gasteiger partial charge in [-0.15, -0.1) is 10.2 Å². The molecule has 0 N–H and O–H groups in total. The Hall–Kier alpha value is -1.64. The summed E-state index contributed by atoms with van der Waals surface area (Å²) in [7, 11) is 0. The summed E-state index contributed by atoms with van der Waals surface area (Å²) in [4.78, 5) is 0. The molecule has 90 valence electrons. The number of hydrogen-bond donors (Lipinski definition) is 0. The smallest absolute Gasteiger partial charge is 0.163 e. The third kappa shape index (κ3) is 2.38. The molecule has 0 fully saturated rings. The molecule has 0 aliphatic heterocycles. The molecule has 3 nitrogen and oxygen atoms in total. The standard InChI is InChI=1S/C14H19N3/c1-5-17-10-15-16-13(17)11-6-8-12(9-7-11)14(2,3)4/h6-10H,5H2,1-4H3. The molecule has 0 spiro atoms. The van der Waals surface area contributed by atoms with Crippen molar-refractivity contribution in [2.75, 3.05) is 0 Å². The van der Waals surface area contributed by atoms with Gasteiger partial charge in [0.05, 0.1) is 0 Å². The van der Waals surface area contributed by atoms with Gasteiger partial charge in [0, 0.05) is 12.1 Å². The van der Waals surface area contributed by atoms with Crippen LogP contribution in [0.25, 0.3) is 11.4 Å². The van der Waals surface area contributed by atoms with Crippen molar-refractivity contribution in [2.24, 2.45) is 0 Å². The zero-order valence-electron chi connectivity index (χ0n) is 10.9. The molecular formula is C14H19N3. The predicted octanol–water partition coefficient (Wildman–Crippen LogP) is 3.26. The Morgan fingerprint density at radius 2 is 1.76 bits per heavy atom. The van der Waals surface area contributed by atoms with Crippen molar-refractivity contribution in [3.63, 3.8) is 0 Å². The zero-order chi connectivity index (χ0) is 12.5. The van der Waals surface area contributed by atoms with Crippen LogP contribution in [0.15, 0.2) is 30.6 Å². The molecule has 3 heteroatoms. The van der Waals surface area contributed by atoms with Gasteiger partial charge in [-0.3, -0.25) is 0 Å². The van der Waals surface area contributed by atoms with Gasteiger partial charge in [-0.05, 0) is 17.9 Å². The highest BCUT2D eigenvalue weighted by molar-refractivity contribution is 5.55. The van der Waals surface area contributed by atoms with Crippen LogP contribution in [0.1, 0.15) is 33.3 Å². The van der Waals surface area contributed by atoms with E-state index in [1.807, 2.05) is 4.57 Å². The van der Waals surface area contributed by atoms with Crippen LogP contribution in [0.2, 0.25) is 0 Å². The molecule has 0 radical (unpaired) electrons. The number of rotatable bonds is 2. The molecule has 0 saturated carbocycles. The van der Waals surface area contributed by atoms with Crippen LogP contribution in [0.5, 0.6) is 0 Å². The molecule has 1 aromatic heterocycles. The fourth-order valence-electron chi connectivity index (χ4n) is 1.83. The molecule has 2 rings (SSSR count). The number of hydrogen-bond acceptors (Lipinski definition) is 2. The molecule has 1 aromatic carbocycles. The second-order valence-corrected chi connectivity index (χ2v) is 5.27. The Labute approximate surface area is 103 Å². The average Bonchev–Trinajstić information content (AvgIpc) is 2.76. The van der Waals surface area contributed by atoms with Gasteiger partial charge >= 0.3 is 0 Å². The first kappa shape index (κ1) is 11.8. The van der Waals surface area contributed by atoms with Crippen molar-refractivity contribution >= 4 is 0 Å². The Morgan fingerprint density at radius 1 is 1.12 bits per heavy atom. The van der Waals surface area contributed by atoms with Crippen LogP contribution in [-0.2, 0) is 12.0 Å². The van der Waals surface area contributed by atoms with E-state index in [0.717, 1.165) is 17.9 Å². The average molecular weight is 229 g/mol. The van der Waals surface area contributed by atoms with E-state index in [-0.39, 0.29) is 5.41 Å². The van der Waals surface area contributed by atoms with Crippen molar-refractivity contribution in [1.82, 2.24) is 14.8 Å². The van der Waals surface area contributed by atoms with E-state index in [1.54, 1.807) is 6.33 Å². The molecule has 17 heavy (non-hydrogen) atoms. The molecule has 0 aliphatic carbocycles. The van der Waals surface area contributed by atoms with Gasteiger partial charge in [-0.1, -0.05) is 45.0 Å². The highest BCUT2D eigenvalue weighted by Gasteiger charge is 2.14. The van der Waals surface area contributed by atoms with Gasteiger partial charge in [0.1, 0.15) is 6.33 Å². The minimum absolute atomic E-state index is 0.191. The normalized spacial score (nSPS) is 11.8. The van der Waals surface area contributed by atoms with Gasteiger partial charge in [0.2, 0.25) is 0 Å². The number of aromatic nitrogens is 3. The summed E-state index contributed by atoms with van der Waals surface area (Å²) in [6.07, 6.45) is 1.77. The minimum Gasteiger partial charge on any atom is -0.314 e. The summed E-state index contributed by atoms with van der Waals surface area (Å²) < 4.78 is 2.05. The van der Waals surface area contributed by atoms with Gasteiger partial charge in [-0.2, -0.15) is 0 Å². The molecule has 0 unspecified atom stereocenters. The minimum atomic E-state index is 0.191. The zero-order valence-corrected chi connectivity index (χ0v) is 10.9. The Kier molecular flexibility index (Phi) is 3.01. The highest BCUT2D eigenvalue weighted by atomic mass is 15.3. The molecule has 1 heterocycles. The first-order chi connectivity index (χ1) is 8.02. The Morgan fingerprint density at radius 3 is 2.29 bits per heavy atom. The predicted molar refractivity (Wildman–Crippen MR) is 69.8 cm³/mol. The van der Waals surface area contributed by atoms with Crippen LogP contribution < -0.4 is 0 Å². The lowest BCUT2D eigenvalue weighted by molar-refractivity contribution is 0.590. The van der Waals surface area contributed by atoms with E-state index in [0.29, 0.717) is 0 Å². The van der Waals surface area contributed by atoms with Gasteiger partial charge in [-0.25, -0.2) is 0 Å². The van der Waals surface area contributed by atoms with Crippen LogP contribution in [0, 0.1) is 0 Å². The maximum absolute atomic E-state index is 4.16. The molecule has 0 amide bonds. The van der Waals surface area contributed by atoms with Crippen molar-refractivity contribution in [1.29, 1.82) is 0 Å². The molecule has 0 aliphatic rings. The van der Waals surface area contributed by atoms with Crippen LogP contribution >= 0.6 is 0 Å². The Balaban J connectivity index is 2.36. The summed E-state index contributed by atoms with van der Waals surface area (Å²) in [6, 6.07) is 8.58. The first-order valence-corrected chi connectivity index (χ1v) is 6.01. The van der Waals surface area contributed by atoms with E-state index in [1.165, 1.54) is 5.56 Å². The van der Waals surface area contributed by atoms with Gasteiger partial charge < -0.3 is 4.57 Å². The molecule has 0 saturated heterocycles. The fraction of sp³-hybridized carbons (Fsp3) is 0.429. The van der Waals surface area contributed by atoms with Crippen LogP contribution in [0.3, 0.4) is 0 Å². The monoisotopic (exact) mass is 229 g/mol. The van der Waals surface area contributed by atoms with Crippen molar-refractivity contribution in [3.8, 4) is 11.4 Å². The van der Waals surface area contributed by atoms with E-state index in [9.17, 15) is 0 Å². The first-order valence-electron chi connectivity index (χ1n) is 6.01. The van der Waals surface area contributed by atoms with Crippen molar-refractivity contribution in [3.05, 3.63) is 36.2 Å². The van der Waals surface area contributed by atoms with E-state index in [4.69, 9.17) is 0 Å². The summed E-state index contributed by atoms with van der Waals surface area (Å²) in [5, 5.41) is 8.12. The summed E-state index contributed by atoms with van der Waals surface area (Å²) in [5.74, 6) is 0.938. The fourth-order valence-corrected chi connectivity index (χ4v) is 1.83. The number of benzene rings is 1. The second-order valence-electron chi connectivity index (χ2n) is 5.27.